The molecular formula is C18H21ClN2O. The molecule has 2 aromatic rings. The number of benzene rings is 2. The Bertz CT molecular complexity index is 583. The van der Waals surface area contributed by atoms with Crippen molar-refractivity contribution >= 4 is 18.2 Å². The first-order valence-electron chi connectivity index (χ1n) is 7.45. The quantitative estimate of drug-likeness (QED) is 0.880. The largest absolute Gasteiger partial charge is 0.314 e. The summed E-state index contributed by atoms with van der Waals surface area (Å²) in [7, 11) is 0. The first-order valence-corrected chi connectivity index (χ1v) is 7.45. The van der Waals surface area contributed by atoms with Gasteiger partial charge in [0.2, 0.25) is 0 Å². The minimum atomic E-state index is -0.185. The SMILES string of the molecule is Cl.O=C(c1ccccc1)C(c1ccccc1)N1CCNCC1. The van der Waals surface area contributed by atoms with Crippen molar-refractivity contribution in [3.63, 3.8) is 0 Å². The van der Waals surface area contributed by atoms with Crippen LogP contribution in [-0.2, 0) is 0 Å². The number of Topliss-reactive ketones (excluding diaryl/α,β-unsaturated/α-hetero) is 1. The van der Waals surface area contributed by atoms with Crippen molar-refractivity contribution in [3.8, 4) is 0 Å². The maximum atomic E-state index is 13.0. The number of piperazine rings is 1. The minimum Gasteiger partial charge on any atom is -0.314 e. The lowest BCUT2D eigenvalue weighted by atomic mass is 9.95. The highest BCUT2D eigenvalue weighted by atomic mass is 35.5. The van der Waals surface area contributed by atoms with Gasteiger partial charge in [-0.25, -0.2) is 0 Å². The predicted octanol–water partition coefficient (Wildman–Crippen LogP) is 2.94. The van der Waals surface area contributed by atoms with Crippen LogP contribution < -0.4 is 5.32 Å². The van der Waals surface area contributed by atoms with Crippen molar-refractivity contribution < 1.29 is 4.79 Å². The van der Waals surface area contributed by atoms with E-state index in [-0.39, 0.29) is 24.2 Å². The normalized spacial score (nSPS) is 16.5. The van der Waals surface area contributed by atoms with Gasteiger partial charge in [-0.2, -0.15) is 0 Å². The summed E-state index contributed by atoms with van der Waals surface area (Å²) in [6, 6.07) is 19.5. The standard InChI is InChI=1S/C18H20N2O.ClH/c21-18(16-9-5-2-6-10-16)17(15-7-3-1-4-8-15)20-13-11-19-12-14-20;/h1-10,17,19H,11-14H2;1H. The van der Waals surface area contributed by atoms with E-state index in [0.717, 1.165) is 37.3 Å². The van der Waals surface area contributed by atoms with Crippen LogP contribution in [0.1, 0.15) is 22.0 Å². The second kappa shape index (κ2) is 8.08. The van der Waals surface area contributed by atoms with E-state index >= 15 is 0 Å². The number of hydrogen-bond acceptors (Lipinski definition) is 3. The highest BCUT2D eigenvalue weighted by Crippen LogP contribution is 2.25. The summed E-state index contributed by atoms with van der Waals surface area (Å²) in [5.41, 5.74) is 1.86. The number of carbonyl (C=O) groups excluding carboxylic acids is 1. The van der Waals surface area contributed by atoms with Crippen molar-refractivity contribution in [2.45, 2.75) is 6.04 Å². The molecule has 1 saturated heterocycles. The zero-order chi connectivity index (χ0) is 14.5. The Labute approximate surface area is 137 Å². The van der Waals surface area contributed by atoms with Gasteiger partial charge in [0.15, 0.2) is 5.78 Å². The lowest BCUT2D eigenvalue weighted by Gasteiger charge is -2.34. The maximum Gasteiger partial charge on any atom is 0.184 e. The molecule has 0 bridgehead atoms. The highest BCUT2D eigenvalue weighted by molar-refractivity contribution is 6.00. The number of ketones is 1. The molecule has 0 aromatic heterocycles. The maximum absolute atomic E-state index is 13.0. The third-order valence-corrected chi connectivity index (χ3v) is 3.94. The smallest absolute Gasteiger partial charge is 0.184 e. The predicted molar refractivity (Wildman–Crippen MR) is 91.6 cm³/mol. The van der Waals surface area contributed by atoms with E-state index < -0.39 is 0 Å². The molecule has 1 aliphatic heterocycles. The second-order valence-electron chi connectivity index (χ2n) is 5.33. The van der Waals surface area contributed by atoms with Crippen LogP contribution in [-0.4, -0.2) is 36.9 Å². The molecule has 4 heteroatoms. The summed E-state index contributed by atoms with van der Waals surface area (Å²) in [6.07, 6.45) is 0. The van der Waals surface area contributed by atoms with Gasteiger partial charge in [-0.15, -0.1) is 12.4 Å². The topological polar surface area (TPSA) is 32.3 Å². The number of nitrogens with zero attached hydrogens (tertiary/aromatic N) is 1. The van der Waals surface area contributed by atoms with Gasteiger partial charge in [-0.1, -0.05) is 60.7 Å². The van der Waals surface area contributed by atoms with Gasteiger partial charge in [0, 0.05) is 31.7 Å². The van der Waals surface area contributed by atoms with E-state index in [1.165, 1.54) is 0 Å². The van der Waals surface area contributed by atoms with Gasteiger partial charge in [-0.05, 0) is 5.56 Å². The van der Waals surface area contributed by atoms with Gasteiger partial charge < -0.3 is 5.32 Å². The Kier molecular flexibility index (Phi) is 6.13. The summed E-state index contributed by atoms with van der Waals surface area (Å²) < 4.78 is 0. The van der Waals surface area contributed by atoms with Crippen molar-refractivity contribution in [2.75, 3.05) is 26.2 Å². The number of hydrogen-bond donors (Lipinski definition) is 1. The van der Waals surface area contributed by atoms with E-state index in [1.807, 2.05) is 60.7 Å². The number of halogens is 1. The average Bonchev–Trinajstić information content (AvgIpc) is 2.58. The molecule has 1 heterocycles. The summed E-state index contributed by atoms with van der Waals surface area (Å²) >= 11 is 0. The lowest BCUT2D eigenvalue weighted by Crippen LogP contribution is -2.47. The van der Waals surface area contributed by atoms with E-state index in [0.29, 0.717) is 0 Å². The molecular weight excluding hydrogens is 296 g/mol. The second-order valence-corrected chi connectivity index (χ2v) is 5.33. The third-order valence-electron chi connectivity index (χ3n) is 3.94. The van der Waals surface area contributed by atoms with E-state index in [4.69, 9.17) is 0 Å². The number of nitrogens with one attached hydrogen (secondary N) is 1. The van der Waals surface area contributed by atoms with Crippen molar-refractivity contribution in [2.24, 2.45) is 0 Å². The molecule has 0 aliphatic carbocycles. The molecule has 3 rings (SSSR count). The van der Waals surface area contributed by atoms with Gasteiger partial charge >= 0.3 is 0 Å². The van der Waals surface area contributed by atoms with Crippen LogP contribution in [0.4, 0.5) is 0 Å². The molecule has 1 unspecified atom stereocenters. The fraction of sp³-hybridized carbons (Fsp3) is 0.278. The zero-order valence-corrected chi connectivity index (χ0v) is 13.3. The van der Waals surface area contributed by atoms with E-state index in [9.17, 15) is 4.79 Å². The van der Waals surface area contributed by atoms with Crippen LogP contribution in [0.2, 0.25) is 0 Å². The van der Waals surface area contributed by atoms with E-state index in [1.54, 1.807) is 0 Å². The van der Waals surface area contributed by atoms with Crippen LogP contribution in [0.5, 0.6) is 0 Å². The average molecular weight is 317 g/mol. The van der Waals surface area contributed by atoms with Crippen LogP contribution in [0.15, 0.2) is 60.7 Å². The van der Waals surface area contributed by atoms with E-state index in [2.05, 4.69) is 10.2 Å². The fourth-order valence-corrected chi connectivity index (χ4v) is 2.86. The molecule has 0 saturated carbocycles. The Morgan fingerprint density at radius 3 is 2.05 bits per heavy atom. The molecule has 2 aromatic carbocycles. The molecule has 0 amide bonds. The first kappa shape index (κ1) is 16.7. The van der Waals surface area contributed by atoms with Gasteiger partial charge in [0.05, 0.1) is 6.04 Å². The Morgan fingerprint density at radius 1 is 0.909 bits per heavy atom. The lowest BCUT2D eigenvalue weighted by molar-refractivity contribution is 0.0795. The summed E-state index contributed by atoms with van der Waals surface area (Å²) in [5, 5.41) is 3.35. The van der Waals surface area contributed by atoms with Crippen LogP contribution in [0.25, 0.3) is 0 Å². The molecule has 1 aliphatic rings. The third kappa shape index (κ3) is 3.74. The van der Waals surface area contributed by atoms with Gasteiger partial charge in [0.25, 0.3) is 0 Å². The molecule has 116 valence electrons. The van der Waals surface area contributed by atoms with Crippen molar-refractivity contribution in [1.82, 2.24) is 10.2 Å². The molecule has 0 radical (unpaired) electrons. The van der Waals surface area contributed by atoms with Crippen LogP contribution >= 0.6 is 12.4 Å². The van der Waals surface area contributed by atoms with Crippen molar-refractivity contribution in [3.05, 3.63) is 71.8 Å². The van der Waals surface area contributed by atoms with Crippen LogP contribution in [0.3, 0.4) is 0 Å². The summed E-state index contributed by atoms with van der Waals surface area (Å²) in [5.74, 6) is 0.184. The molecule has 22 heavy (non-hydrogen) atoms. The minimum absolute atomic E-state index is 0. The Hall–Kier alpha value is -1.68. The number of rotatable bonds is 4. The van der Waals surface area contributed by atoms with Gasteiger partial charge in [-0.3, -0.25) is 9.69 Å². The molecule has 1 fully saturated rings. The fourth-order valence-electron chi connectivity index (χ4n) is 2.86. The van der Waals surface area contributed by atoms with Crippen LogP contribution in [0, 0.1) is 0 Å². The Morgan fingerprint density at radius 2 is 1.45 bits per heavy atom. The molecule has 1 N–H and O–H groups in total. The summed E-state index contributed by atoms with van der Waals surface area (Å²) in [4.78, 5) is 15.3. The monoisotopic (exact) mass is 316 g/mol. The zero-order valence-electron chi connectivity index (χ0n) is 12.4. The molecule has 3 nitrogen and oxygen atoms in total. The highest BCUT2D eigenvalue weighted by Gasteiger charge is 2.29. The Balaban J connectivity index is 0.00000176. The first-order chi connectivity index (χ1) is 10.4. The molecule has 1 atom stereocenters. The summed E-state index contributed by atoms with van der Waals surface area (Å²) in [6.45, 7) is 3.67. The number of carbonyl (C=O) groups is 1. The van der Waals surface area contributed by atoms with Gasteiger partial charge in [0.1, 0.15) is 0 Å². The molecule has 0 spiro atoms. The van der Waals surface area contributed by atoms with Crippen molar-refractivity contribution in [1.29, 1.82) is 0 Å².